The number of aromatic nitrogens is 2. The second kappa shape index (κ2) is 11.8. The number of para-hydroxylation sites is 1. The molecule has 9 heteroatoms. The zero-order chi connectivity index (χ0) is 29.4. The molecule has 0 aliphatic carbocycles. The van der Waals surface area contributed by atoms with Crippen molar-refractivity contribution in [2.75, 3.05) is 12.9 Å². The molecule has 0 fully saturated rings. The fourth-order valence-corrected chi connectivity index (χ4v) is 7.05. The first kappa shape index (κ1) is 28.3. The highest BCUT2D eigenvalue weighted by Crippen LogP contribution is 2.32. The second-order valence-corrected chi connectivity index (χ2v) is 12.3. The topological polar surface area (TPSA) is 65.6 Å². The van der Waals surface area contributed by atoms with E-state index in [2.05, 4.69) is 22.9 Å². The van der Waals surface area contributed by atoms with E-state index in [1.165, 1.54) is 11.3 Å². The molecule has 0 radical (unpaired) electrons. The average molecular weight is 614 g/mol. The standard InChI is InChI=1S/C33H28ClN3O3S2/c1-4-40-32(39)29-20(2)35-33-37(30(29)22-12-14-25(41-3)15-13-22)31(38)28(42-33)17-23-19-36(27-11-6-5-10-26(23)27)18-21-8-7-9-24(34)16-21/h5-17,19,30H,4,18H2,1-3H3/b28-17-/t30-/m0/s1. The molecule has 6 nitrogen and oxygen atoms in total. The first-order valence-corrected chi connectivity index (χ1v) is 16.0. The second-order valence-electron chi connectivity index (χ2n) is 9.93. The predicted octanol–water partition coefficient (Wildman–Crippen LogP) is 6.18. The van der Waals surface area contributed by atoms with Gasteiger partial charge in [0, 0.05) is 39.1 Å². The quantitative estimate of drug-likeness (QED) is 0.163. The van der Waals surface area contributed by atoms with E-state index in [-0.39, 0.29) is 12.2 Å². The molecular weight excluding hydrogens is 586 g/mol. The van der Waals surface area contributed by atoms with Crippen LogP contribution in [0.1, 0.15) is 36.6 Å². The molecule has 1 aliphatic heterocycles. The van der Waals surface area contributed by atoms with E-state index in [9.17, 15) is 9.59 Å². The van der Waals surface area contributed by atoms with E-state index in [1.54, 1.807) is 30.2 Å². The van der Waals surface area contributed by atoms with Crippen molar-refractivity contribution < 1.29 is 9.53 Å². The largest absolute Gasteiger partial charge is 0.463 e. The Labute approximate surface area is 256 Å². The minimum absolute atomic E-state index is 0.196. The van der Waals surface area contributed by atoms with Crippen molar-refractivity contribution in [3.8, 4) is 0 Å². The van der Waals surface area contributed by atoms with Crippen LogP contribution in [0.3, 0.4) is 0 Å². The molecule has 0 spiro atoms. The van der Waals surface area contributed by atoms with Crippen LogP contribution in [0.5, 0.6) is 0 Å². The molecule has 2 aromatic heterocycles. The number of hydrogen-bond donors (Lipinski definition) is 0. The maximum absolute atomic E-state index is 14.1. The van der Waals surface area contributed by atoms with Gasteiger partial charge in [-0.25, -0.2) is 9.79 Å². The van der Waals surface area contributed by atoms with Crippen LogP contribution in [-0.4, -0.2) is 28.0 Å². The summed E-state index contributed by atoms with van der Waals surface area (Å²) in [5.41, 5.74) is 4.64. The van der Waals surface area contributed by atoms with Gasteiger partial charge in [0.15, 0.2) is 4.80 Å². The number of thioether (sulfide) groups is 1. The van der Waals surface area contributed by atoms with Crippen LogP contribution < -0.4 is 14.9 Å². The molecule has 0 saturated carbocycles. The van der Waals surface area contributed by atoms with E-state index in [0.717, 1.165) is 32.5 Å². The van der Waals surface area contributed by atoms with E-state index in [4.69, 9.17) is 21.3 Å². The summed E-state index contributed by atoms with van der Waals surface area (Å²) in [6, 6.07) is 23.3. The molecule has 0 N–H and O–H groups in total. The zero-order valence-corrected chi connectivity index (χ0v) is 25.7. The summed E-state index contributed by atoms with van der Waals surface area (Å²) in [4.78, 5) is 33.7. The first-order chi connectivity index (χ1) is 20.4. The Bertz CT molecular complexity index is 2040. The van der Waals surface area contributed by atoms with Crippen LogP contribution in [0.15, 0.2) is 105 Å². The summed E-state index contributed by atoms with van der Waals surface area (Å²) in [6.45, 7) is 4.45. The van der Waals surface area contributed by atoms with Gasteiger partial charge in [0.25, 0.3) is 5.56 Å². The number of benzene rings is 3. The fourth-order valence-electron chi connectivity index (χ4n) is 5.39. The molecule has 1 aliphatic rings. The SMILES string of the molecule is CCOC(=O)C1=C(C)N=c2s/c(=C\c3cn(Cc4cccc(Cl)c4)c4ccccc34)c(=O)n2[C@H]1c1ccc(SC)cc1. The Balaban J connectivity index is 1.51. The van der Waals surface area contributed by atoms with Gasteiger partial charge in [0.2, 0.25) is 0 Å². The molecule has 0 amide bonds. The molecule has 212 valence electrons. The van der Waals surface area contributed by atoms with Gasteiger partial charge in [-0.05, 0) is 67.6 Å². The normalized spacial score (nSPS) is 15.1. The molecule has 1 atom stereocenters. The van der Waals surface area contributed by atoms with Gasteiger partial charge in [-0.3, -0.25) is 9.36 Å². The van der Waals surface area contributed by atoms with Crippen LogP contribution in [-0.2, 0) is 16.1 Å². The Morgan fingerprint density at radius 3 is 2.64 bits per heavy atom. The van der Waals surface area contributed by atoms with Crippen molar-refractivity contribution in [1.82, 2.24) is 9.13 Å². The van der Waals surface area contributed by atoms with Crippen molar-refractivity contribution in [3.63, 3.8) is 0 Å². The van der Waals surface area contributed by atoms with Gasteiger partial charge in [0.1, 0.15) is 0 Å². The predicted molar refractivity (Wildman–Crippen MR) is 171 cm³/mol. The molecular formula is C33H28ClN3O3S2. The summed E-state index contributed by atoms with van der Waals surface area (Å²) in [5.74, 6) is -0.462. The lowest BCUT2D eigenvalue weighted by atomic mass is 9.96. The number of fused-ring (bicyclic) bond motifs is 2. The number of ether oxygens (including phenoxy) is 1. The number of thiazole rings is 1. The fraction of sp³-hybridized carbons (Fsp3) is 0.182. The van der Waals surface area contributed by atoms with Gasteiger partial charge in [0.05, 0.1) is 28.5 Å². The molecule has 5 aromatic rings. The maximum Gasteiger partial charge on any atom is 0.338 e. The zero-order valence-electron chi connectivity index (χ0n) is 23.3. The van der Waals surface area contributed by atoms with Gasteiger partial charge in [-0.2, -0.15) is 0 Å². The van der Waals surface area contributed by atoms with E-state index < -0.39 is 12.0 Å². The molecule has 0 bridgehead atoms. The lowest BCUT2D eigenvalue weighted by Crippen LogP contribution is -2.39. The number of halogens is 1. The van der Waals surface area contributed by atoms with Crippen LogP contribution >= 0.6 is 34.7 Å². The Kier molecular flexibility index (Phi) is 7.94. The summed E-state index contributed by atoms with van der Waals surface area (Å²) in [6.07, 6.45) is 6.01. The van der Waals surface area contributed by atoms with Crippen LogP contribution in [0, 0.1) is 0 Å². The van der Waals surface area contributed by atoms with Crippen molar-refractivity contribution in [1.29, 1.82) is 0 Å². The highest BCUT2D eigenvalue weighted by molar-refractivity contribution is 7.98. The van der Waals surface area contributed by atoms with Crippen molar-refractivity contribution >= 4 is 57.6 Å². The van der Waals surface area contributed by atoms with Gasteiger partial charge in [-0.1, -0.05) is 65.4 Å². The average Bonchev–Trinajstić information content (AvgIpc) is 3.48. The molecule has 0 saturated heterocycles. The number of carbonyl (C=O) groups excluding carboxylic acids is 1. The smallest absolute Gasteiger partial charge is 0.338 e. The summed E-state index contributed by atoms with van der Waals surface area (Å²) < 4.78 is 9.77. The summed E-state index contributed by atoms with van der Waals surface area (Å²) >= 11 is 9.21. The van der Waals surface area contributed by atoms with Crippen LogP contribution in [0.2, 0.25) is 5.02 Å². The Hall–Kier alpha value is -3.85. The van der Waals surface area contributed by atoms with Crippen LogP contribution in [0.25, 0.3) is 17.0 Å². The minimum atomic E-state index is -0.637. The summed E-state index contributed by atoms with van der Waals surface area (Å²) in [5, 5.41) is 1.73. The molecule has 42 heavy (non-hydrogen) atoms. The lowest BCUT2D eigenvalue weighted by Gasteiger charge is -2.24. The Morgan fingerprint density at radius 2 is 1.90 bits per heavy atom. The van der Waals surface area contributed by atoms with Crippen LogP contribution in [0.4, 0.5) is 0 Å². The van der Waals surface area contributed by atoms with E-state index >= 15 is 0 Å². The first-order valence-electron chi connectivity index (χ1n) is 13.5. The number of allylic oxidation sites excluding steroid dienone is 1. The number of carbonyl (C=O) groups is 1. The number of esters is 1. The minimum Gasteiger partial charge on any atom is -0.463 e. The molecule has 3 aromatic carbocycles. The maximum atomic E-state index is 14.1. The number of nitrogens with zero attached hydrogens (tertiary/aromatic N) is 3. The molecule has 6 rings (SSSR count). The third-order valence-electron chi connectivity index (χ3n) is 7.30. The van der Waals surface area contributed by atoms with Gasteiger partial charge < -0.3 is 9.30 Å². The van der Waals surface area contributed by atoms with Gasteiger partial charge in [-0.15, -0.1) is 11.8 Å². The third-order valence-corrected chi connectivity index (χ3v) is 9.26. The van der Waals surface area contributed by atoms with E-state index in [1.807, 2.05) is 73.0 Å². The van der Waals surface area contributed by atoms with Crippen molar-refractivity contribution in [2.45, 2.75) is 31.3 Å². The monoisotopic (exact) mass is 613 g/mol. The van der Waals surface area contributed by atoms with Crippen molar-refractivity contribution in [2.24, 2.45) is 4.99 Å². The number of rotatable bonds is 7. The van der Waals surface area contributed by atoms with Gasteiger partial charge >= 0.3 is 5.97 Å². The highest BCUT2D eigenvalue weighted by Gasteiger charge is 2.33. The third kappa shape index (κ3) is 5.26. The highest BCUT2D eigenvalue weighted by atomic mass is 35.5. The lowest BCUT2D eigenvalue weighted by molar-refractivity contribution is -0.139. The van der Waals surface area contributed by atoms with Crippen molar-refractivity contribution in [3.05, 3.63) is 132 Å². The number of hydrogen-bond acceptors (Lipinski definition) is 6. The van der Waals surface area contributed by atoms with E-state index in [0.29, 0.717) is 32.2 Å². The Morgan fingerprint density at radius 1 is 1.12 bits per heavy atom. The molecule has 0 unspecified atom stereocenters. The summed E-state index contributed by atoms with van der Waals surface area (Å²) in [7, 11) is 0. The molecule has 3 heterocycles.